The molecule has 1 aromatic carbocycles. The van der Waals surface area contributed by atoms with Crippen molar-refractivity contribution in [3.63, 3.8) is 0 Å². The van der Waals surface area contributed by atoms with E-state index in [4.69, 9.17) is 12.2 Å². The Bertz CT molecular complexity index is 627. The van der Waals surface area contributed by atoms with Crippen molar-refractivity contribution in [2.24, 2.45) is 0 Å². The molecule has 0 saturated carbocycles. The van der Waals surface area contributed by atoms with Crippen LogP contribution in [0.15, 0.2) is 30.3 Å². The molecular weight excluding hydrogens is 310 g/mol. The standard InChI is InChI=1S/C17H23N3S2/c1-12-14(17(2,3)4)19-16(22-12)20-15(21)18-11-10-13-8-6-5-7-9-13/h5-9H,10-11H2,1-4H3,(H2,18,19,20,21). The summed E-state index contributed by atoms with van der Waals surface area (Å²) in [6.07, 6.45) is 0.951. The van der Waals surface area contributed by atoms with Crippen molar-refractivity contribution >= 4 is 33.8 Å². The van der Waals surface area contributed by atoms with Gasteiger partial charge in [-0.2, -0.15) is 0 Å². The number of thiocarbonyl (C=S) groups is 1. The molecule has 0 radical (unpaired) electrons. The number of rotatable bonds is 4. The minimum Gasteiger partial charge on any atom is -0.362 e. The normalized spacial score (nSPS) is 11.3. The third-order valence-corrected chi connectivity index (χ3v) is 4.40. The first-order valence-electron chi connectivity index (χ1n) is 7.43. The molecule has 0 atom stereocenters. The number of nitrogens with zero attached hydrogens (tertiary/aromatic N) is 1. The first-order valence-corrected chi connectivity index (χ1v) is 8.65. The van der Waals surface area contributed by atoms with Crippen molar-refractivity contribution in [3.05, 3.63) is 46.5 Å². The van der Waals surface area contributed by atoms with Crippen molar-refractivity contribution in [2.45, 2.75) is 39.5 Å². The van der Waals surface area contributed by atoms with Crippen LogP contribution in [0.4, 0.5) is 5.13 Å². The monoisotopic (exact) mass is 333 g/mol. The molecule has 3 nitrogen and oxygen atoms in total. The second-order valence-electron chi connectivity index (χ2n) is 6.29. The van der Waals surface area contributed by atoms with E-state index in [2.05, 4.69) is 67.6 Å². The zero-order valence-corrected chi connectivity index (χ0v) is 15.2. The minimum atomic E-state index is 0.0584. The largest absolute Gasteiger partial charge is 0.362 e. The van der Waals surface area contributed by atoms with Gasteiger partial charge in [-0.25, -0.2) is 4.98 Å². The van der Waals surface area contributed by atoms with Crippen LogP contribution in [0.25, 0.3) is 0 Å². The number of anilines is 1. The van der Waals surface area contributed by atoms with Crippen molar-refractivity contribution in [3.8, 4) is 0 Å². The third-order valence-electron chi connectivity index (χ3n) is 3.27. The Labute approximate surface area is 142 Å². The summed E-state index contributed by atoms with van der Waals surface area (Å²) in [5, 5.41) is 7.91. The van der Waals surface area contributed by atoms with Crippen molar-refractivity contribution in [2.75, 3.05) is 11.9 Å². The van der Waals surface area contributed by atoms with Gasteiger partial charge < -0.3 is 10.6 Å². The van der Waals surface area contributed by atoms with E-state index < -0.39 is 0 Å². The predicted molar refractivity (Wildman–Crippen MR) is 99.9 cm³/mol. The maximum atomic E-state index is 5.34. The zero-order chi connectivity index (χ0) is 16.2. The van der Waals surface area contributed by atoms with Crippen LogP contribution in [0.5, 0.6) is 0 Å². The van der Waals surface area contributed by atoms with Crippen LogP contribution in [-0.4, -0.2) is 16.6 Å². The summed E-state index contributed by atoms with van der Waals surface area (Å²) in [6.45, 7) is 9.45. The summed E-state index contributed by atoms with van der Waals surface area (Å²) in [5.41, 5.74) is 2.49. The lowest BCUT2D eigenvalue weighted by Gasteiger charge is -2.16. The first kappa shape index (κ1) is 16.9. The van der Waals surface area contributed by atoms with Crippen LogP contribution in [0.3, 0.4) is 0 Å². The van der Waals surface area contributed by atoms with Gasteiger partial charge in [0.2, 0.25) is 0 Å². The summed E-state index contributed by atoms with van der Waals surface area (Å²) >= 11 is 6.99. The summed E-state index contributed by atoms with van der Waals surface area (Å²) in [7, 11) is 0. The van der Waals surface area contributed by atoms with Gasteiger partial charge in [0.25, 0.3) is 0 Å². The van der Waals surface area contributed by atoms with Crippen LogP contribution in [0.1, 0.15) is 36.9 Å². The molecule has 0 bridgehead atoms. The lowest BCUT2D eigenvalue weighted by atomic mass is 9.92. The number of aryl methyl sites for hydroxylation is 1. The van der Waals surface area contributed by atoms with Gasteiger partial charge in [0.05, 0.1) is 5.69 Å². The fourth-order valence-electron chi connectivity index (χ4n) is 2.25. The molecule has 5 heteroatoms. The van der Waals surface area contributed by atoms with Crippen LogP contribution >= 0.6 is 23.6 Å². The Kier molecular flexibility index (Phi) is 5.53. The third kappa shape index (κ3) is 4.78. The zero-order valence-electron chi connectivity index (χ0n) is 13.6. The van der Waals surface area contributed by atoms with Gasteiger partial charge in [0.15, 0.2) is 10.2 Å². The average Bonchev–Trinajstić information content (AvgIpc) is 2.80. The highest BCUT2D eigenvalue weighted by atomic mass is 32.1. The lowest BCUT2D eigenvalue weighted by Crippen LogP contribution is -2.30. The molecule has 118 valence electrons. The fourth-order valence-corrected chi connectivity index (χ4v) is 3.54. The molecule has 2 rings (SSSR count). The van der Waals surface area contributed by atoms with E-state index in [0.717, 1.165) is 23.8 Å². The van der Waals surface area contributed by atoms with Gasteiger partial charge in [0, 0.05) is 16.8 Å². The molecule has 0 amide bonds. The van der Waals surface area contributed by atoms with Crippen LogP contribution < -0.4 is 10.6 Å². The van der Waals surface area contributed by atoms with E-state index in [9.17, 15) is 0 Å². The Hall–Kier alpha value is -1.46. The Morgan fingerprint density at radius 3 is 2.50 bits per heavy atom. The number of nitrogens with one attached hydrogen (secondary N) is 2. The van der Waals surface area contributed by atoms with Crippen LogP contribution in [0, 0.1) is 6.92 Å². The molecule has 0 spiro atoms. The van der Waals surface area contributed by atoms with Gasteiger partial charge in [-0.1, -0.05) is 51.1 Å². The van der Waals surface area contributed by atoms with Crippen molar-refractivity contribution in [1.29, 1.82) is 0 Å². The molecule has 0 aliphatic rings. The van der Waals surface area contributed by atoms with E-state index in [1.807, 2.05) is 6.07 Å². The van der Waals surface area contributed by atoms with Crippen LogP contribution in [-0.2, 0) is 11.8 Å². The fraction of sp³-hybridized carbons (Fsp3) is 0.412. The second-order valence-corrected chi connectivity index (χ2v) is 7.90. The molecule has 2 N–H and O–H groups in total. The lowest BCUT2D eigenvalue weighted by molar-refractivity contribution is 0.570. The molecule has 0 fully saturated rings. The molecule has 0 unspecified atom stereocenters. The molecule has 0 aliphatic carbocycles. The van der Waals surface area contributed by atoms with Crippen LogP contribution in [0.2, 0.25) is 0 Å². The Morgan fingerprint density at radius 2 is 1.91 bits per heavy atom. The van der Waals surface area contributed by atoms with E-state index in [-0.39, 0.29) is 5.41 Å². The molecule has 1 heterocycles. The maximum Gasteiger partial charge on any atom is 0.189 e. The van der Waals surface area contributed by atoms with E-state index in [0.29, 0.717) is 5.11 Å². The number of benzene rings is 1. The molecule has 0 saturated heterocycles. The molecule has 2 aromatic rings. The number of thiazole rings is 1. The summed E-state index contributed by atoms with van der Waals surface area (Å²) in [4.78, 5) is 5.91. The second kappa shape index (κ2) is 7.20. The summed E-state index contributed by atoms with van der Waals surface area (Å²) < 4.78 is 0. The quantitative estimate of drug-likeness (QED) is 0.819. The maximum absolute atomic E-state index is 5.34. The summed E-state index contributed by atoms with van der Waals surface area (Å²) in [5.74, 6) is 0. The SMILES string of the molecule is Cc1sc(NC(=S)NCCc2ccccc2)nc1C(C)(C)C. The summed E-state index contributed by atoms with van der Waals surface area (Å²) in [6, 6.07) is 10.4. The van der Waals surface area contributed by atoms with Gasteiger partial charge in [0.1, 0.15) is 0 Å². The van der Waals surface area contributed by atoms with Gasteiger partial charge in [-0.15, -0.1) is 11.3 Å². The Balaban J connectivity index is 1.85. The number of hydrogen-bond donors (Lipinski definition) is 2. The smallest absolute Gasteiger partial charge is 0.189 e. The molecule has 0 aliphatic heterocycles. The minimum absolute atomic E-state index is 0.0584. The molecule has 1 aromatic heterocycles. The average molecular weight is 334 g/mol. The highest BCUT2D eigenvalue weighted by molar-refractivity contribution is 7.80. The topological polar surface area (TPSA) is 37.0 Å². The van der Waals surface area contributed by atoms with E-state index in [1.54, 1.807) is 11.3 Å². The van der Waals surface area contributed by atoms with Gasteiger partial charge >= 0.3 is 0 Å². The van der Waals surface area contributed by atoms with E-state index in [1.165, 1.54) is 10.4 Å². The molecule has 22 heavy (non-hydrogen) atoms. The number of hydrogen-bond acceptors (Lipinski definition) is 3. The Morgan fingerprint density at radius 1 is 1.23 bits per heavy atom. The first-order chi connectivity index (χ1) is 10.4. The van der Waals surface area contributed by atoms with Crippen molar-refractivity contribution < 1.29 is 0 Å². The van der Waals surface area contributed by atoms with Gasteiger partial charge in [-0.05, 0) is 31.1 Å². The van der Waals surface area contributed by atoms with Crippen molar-refractivity contribution in [1.82, 2.24) is 10.3 Å². The highest BCUT2D eigenvalue weighted by Gasteiger charge is 2.21. The highest BCUT2D eigenvalue weighted by Crippen LogP contribution is 2.31. The molecular formula is C17H23N3S2. The van der Waals surface area contributed by atoms with Gasteiger partial charge in [-0.3, -0.25) is 0 Å². The number of aromatic nitrogens is 1. The van der Waals surface area contributed by atoms with E-state index >= 15 is 0 Å². The predicted octanol–water partition coefficient (Wildman–Crippen LogP) is 4.28.